The largest absolute Gasteiger partial charge is 0.368 e. The third-order valence-electron chi connectivity index (χ3n) is 4.92. The van der Waals surface area contributed by atoms with E-state index < -0.39 is 0 Å². The lowest BCUT2D eigenvalue weighted by Gasteiger charge is -2.30. The summed E-state index contributed by atoms with van der Waals surface area (Å²) >= 11 is 1.73. The van der Waals surface area contributed by atoms with Gasteiger partial charge in [0.2, 0.25) is 5.95 Å². The highest BCUT2D eigenvalue weighted by Gasteiger charge is 2.24. The molecule has 0 radical (unpaired) electrons. The van der Waals surface area contributed by atoms with Gasteiger partial charge in [-0.05, 0) is 29.7 Å². The van der Waals surface area contributed by atoms with Gasteiger partial charge in [-0.2, -0.15) is 4.98 Å². The zero-order valence-electron chi connectivity index (χ0n) is 12.8. The highest BCUT2D eigenvalue weighted by Crippen LogP contribution is 2.42. The summed E-state index contributed by atoms with van der Waals surface area (Å²) in [5.41, 5.74) is 7.43. The van der Waals surface area contributed by atoms with Crippen LogP contribution >= 0.6 is 11.3 Å². The van der Waals surface area contributed by atoms with Crippen LogP contribution in [-0.4, -0.2) is 36.1 Å². The second-order valence-corrected chi connectivity index (χ2v) is 7.21. The second kappa shape index (κ2) is 6.01. The van der Waals surface area contributed by atoms with E-state index in [1.54, 1.807) is 11.3 Å². The molecule has 118 valence electrons. The number of nitrogen functional groups attached to an aromatic ring is 1. The molecular weight excluding hydrogens is 294 g/mol. The van der Waals surface area contributed by atoms with Gasteiger partial charge in [0.05, 0.1) is 5.39 Å². The first-order valence-corrected chi connectivity index (χ1v) is 9.21. The summed E-state index contributed by atoms with van der Waals surface area (Å²) in [7, 11) is 0. The number of nitrogens with zero attached hydrogens (tertiary/aromatic N) is 3. The van der Waals surface area contributed by atoms with Gasteiger partial charge in [0.25, 0.3) is 0 Å². The molecule has 1 aliphatic heterocycles. The van der Waals surface area contributed by atoms with Crippen LogP contribution in [0, 0.1) is 0 Å². The molecule has 1 saturated carbocycles. The molecule has 1 saturated heterocycles. The minimum absolute atomic E-state index is 0.401. The molecule has 2 aromatic rings. The van der Waals surface area contributed by atoms with Gasteiger partial charge >= 0.3 is 0 Å². The lowest BCUT2D eigenvalue weighted by molar-refractivity contribution is 0.446. The molecular formula is C16H23N5S. The zero-order valence-corrected chi connectivity index (χ0v) is 13.7. The maximum atomic E-state index is 5.96. The van der Waals surface area contributed by atoms with Crippen LogP contribution in [0.4, 0.5) is 11.8 Å². The summed E-state index contributed by atoms with van der Waals surface area (Å²) in [6.07, 6.45) is 6.68. The van der Waals surface area contributed by atoms with Crippen molar-refractivity contribution in [1.82, 2.24) is 15.3 Å². The number of anilines is 2. The SMILES string of the molecule is Nc1nc(N2CCNCC2)c2c(C3CCCCC3)csc2n1. The summed E-state index contributed by atoms with van der Waals surface area (Å²) in [6.45, 7) is 4.00. The summed E-state index contributed by atoms with van der Waals surface area (Å²) < 4.78 is 0. The zero-order chi connectivity index (χ0) is 14.9. The number of piperazine rings is 1. The Morgan fingerprint density at radius 3 is 2.68 bits per heavy atom. The van der Waals surface area contributed by atoms with Crippen molar-refractivity contribution in [1.29, 1.82) is 0 Å². The summed E-state index contributed by atoms with van der Waals surface area (Å²) in [4.78, 5) is 12.5. The average molecular weight is 317 g/mol. The molecule has 22 heavy (non-hydrogen) atoms. The Morgan fingerprint density at radius 2 is 1.91 bits per heavy atom. The molecule has 3 heterocycles. The fourth-order valence-electron chi connectivity index (χ4n) is 3.78. The van der Waals surface area contributed by atoms with Crippen LogP contribution in [-0.2, 0) is 0 Å². The number of aromatic nitrogens is 2. The fraction of sp³-hybridized carbons (Fsp3) is 0.625. The van der Waals surface area contributed by atoms with Crippen molar-refractivity contribution in [2.45, 2.75) is 38.0 Å². The number of thiophene rings is 1. The maximum Gasteiger partial charge on any atom is 0.223 e. The molecule has 2 aliphatic rings. The van der Waals surface area contributed by atoms with E-state index in [9.17, 15) is 0 Å². The monoisotopic (exact) mass is 317 g/mol. The molecule has 0 spiro atoms. The van der Waals surface area contributed by atoms with Crippen molar-refractivity contribution in [3.8, 4) is 0 Å². The Hall–Kier alpha value is -1.40. The van der Waals surface area contributed by atoms with Crippen LogP contribution in [0.1, 0.15) is 43.6 Å². The molecule has 2 fully saturated rings. The number of fused-ring (bicyclic) bond motifs is 1. The molecule has 0 atom stereocenters. The number of hydrogen-bond acceptors (Lipinski definition) is 6. The van der Waals surface area contributed by atoms with Crippen LogP contribution in [0.25, 0.3) is 10.2 Å². The van der Waals surface area contributed by atoms with Crippen molar-refractivity contribution < 1.29 is 0 Å². The first-order chi connectivity index (χ1) is 10.8. The molecule has 4 rings (SSSR count). The van der Waals surface area contributed by atoms with Gasteiger partial charge in [-0.1, -0.05) is 19.3 Å². The van der Waals surface area contributed by atoms with Crippen LogP contribution in [0.2, 0.25) is 0 Å². The number of nitrogens with two attached hydrogens (primary N) is 1. The van der Waals surface area contributed by atoms with E-state index in [0.29, 0.717) is 11.9 Å². The lowest BCUT2D eigenvalue weighted by atomic mass is 9.84. The molecule has 3 N–H and O–H groups in total. The topological polar surface area (TPSA) is 67.1 Å². The molecule has 0 bridgehead atoms. The molecule has 5 nitrogen and oxygen atoms in total. The minimum Gasteiger partial charge on any atom is -0.368 e. The molecule has 0 amide bonds. The highest BCUT2D eigenvalue weighted by molar-refractivity contribution is 7.17. The Kier molecular flexibility index (Phi) is 3.88. The van der Waals surface area contributed by atoms with Crippen molar-refractivity contribution in [2.24, 2.45) is 0 Å². The second-order valence-electron chi connectivity index (χ2n) is 6.35. The van der Waals surface area contributed by atoms with Gasteiger partial charge in [0, 0.05) is 26.2 Å². The Balaban J connectivity index is 1.80. The molecule has 6 heteroatoms. The first-order valence-electron chi connectivity index (χ1n) is 8.33. The summed E-state index contributed by atoms with van der Waals surface area (Å²) in [6, 6.07) is 0. The van der Waals surface area contributed by atoms with E-state index in [4.69, 9.17) is 5.73 Å². The minimum atomic E-state index is 0.401. The predicted molar refractivity (Wildman–Crippen MR) is 92.7 cm³/mol. The van der Waals surface area contributed by atoms with E-state index in [1.807, 2.05) is 0 Å². The third kappa shape index (κ3) is 2.54. The van der Waals surface area contributed by atoms with E-state index in [2.05, 4.69) is 25.6 Å². The smallest absolute Gasteiger partial charge is 0.223 e. The lowest BCUT2D eigenvalue weighted by Crippen LogP contribution is -2.44. The molecule has 0 aromatic carbocycles. The van der Waals surface area contributed by atoms with Crippen molar-refractivity contribution in [2.75, 3.05) is 36.8 Å². The molecule has 2 aromatic heterocycles. The third-order valence-corrected chi connectivity index (χ3v) is 5.81. The van der Waals surface area contributed by atoms with Crippen LogP contribution in [0.15, 0.2) is 5.38 Å². The number of rotatable bonds is 2. The van der Waals surface area contributed by atoms with Crippen LogP contribution in [0.3, 0.4) is 0 Å². The summed E-state index contributed by atoms with van der Waals surface area (Å²) in [5, 5.41) is 6.98. The van der Waals surface area contributed by atoms with Crippen LogP contribution < -0.4 is 16.0 Å². The Bertz CT molecular complexity index is 656. The van der Waals surface area contributed by atoms with Gasteiger partial charge in [-0.3, -0.25) is 0 Å². The van der Waals surface area contributed by atoms with Gasteiger partial charge in [0.15, 0.2) is 0 Å². The van der Waals surface area contributed by atoms with Gasteiger partial charge < -0.3 is 16.0 Å². The summed E-state index contributed by atoms with van der Waals surface area (Å²) in [5.74, 6) is 2.14. The number of nitrogens with one attached hydrogen (secondary N) is 1. The molecule has 1 aliphatic carbocycles. The van der Waals surface area contributed by atoms with E-state index >= 15 is 0 Å². The Morgan fingerprint density at radius 1 is 1.14 bits per heavy atom. The number of hydrogen-bond donors (Lipinski definition) is 2. The fourth-order valence-corrected chi connectivity index (χ4v) is 4.80. The van der Waals surface area contributed by atoms with Gasteiger partial charge in [-0.15, -0.1) is 11.3 Å². The first kappa shape index (κ1) is 14.2. The van der Waals surface area contributed by atoms with Gasteiger partial charge in [0.1, 0.15) is 10.6 Å². The standard InChI is InChI=1S/C16H23N5S/c17-16-19-14(21-8-6-18-7-9-21)13-12(10-22-15(13)20-16)11-4-2-1-3-5-11/h10-11,18H,1-9H2,(H2,17,19,20). The van der Waals surface area contributed by atoms with Crippen molar-refractivity contribution in [3.05, 3.63) is 10.9 Å². The van der Waals surface area contributed by atoms with Crippen molar-refractivity contribution >= 4 is 33.3 Å². The average Bonchev–Trinajstić information content (AvgIpc) is 2.99. The van der Waals surface area contributed by atoms with E-state index in [1.165, 1.54) is 43.1 Å². The van der Waals surface area contributed by atoms with E-state index in [0.717, 1.165) is 36.8 Å². The quantitative estimate of drug-likeness (QED) is 0.891. The Labute approximate surface area is 134 Å². The normalized spacial score (nSPS) is 20.6. The highest BCUT2D eigenvalue weighted by atomic mass is 32.1. The van der Waals surface area contributed by atoms with Crippen LogP contribution in [0.5, 0.6) is 0 Å². The predicted octanol–water partition coefficient (Wildman–Crippen LogP) is 2.73. The van der Waals surface area contributed by atoms with Gasteiger partial charge in [-0.25, -0.2) is 4.98 Å². The van der Waals surface area contributed by atoms with E-state index in [-0.39, 0.29) is 0 Å². The molecule has 0 unspecified atom stereocenters. The van der Waals surface area contributed by atoms with Crippen molar-refractivity contribution in [3.63, 3.8) is 0 Å². The maximum absolute atomic E-state index is 5.96.